The van der Waals surface area contributed by atoms with Crippen molar-refractivity contribution < 1.29 is 27.4 Å². The van der Waals surface area contributed by atoms with Gasteiger partial charge in [0.1, 0.15) is 11.9 Å². The van der Waals surface area contributed by atoms with Crippen molar-refractivity contribution in [3.8, 4) is 0 Å². The minimum absolute atomic E-state index is 0.109. The number of nitrogens with zero attached hydrogens (tertiary/aromatic N) is 1. The lowest BCUT2D eigenvalue weighted by atomic mass is 9.97. The van der Waals surface area contributed by atoms with Gasteiger partial charge in [-0.2, -0.15) is 0 Å². The van der Waals surface area contributed by atoms with Crippen LogP contribution in [0.5, 0.6) is 0 Å². The molecule has 0 radical (unpaired) electrons. The molecule has 2 aromatic rings. The van der Waals surface area contributed by atoms with E-state index in [2.05, 4.69) is 15.0 Å². The van der Waals surface area contributed by atoms with Crippen LogP contribution in [0.1, 0.15) is 25.0 Å². The second-order valence-corrected chi connectivity index (χ2v) is 9.14. The van der Waals surface area contributed by atoms with Crippen LogP contribution >= 0.6 is 0 Å². The molecule has 1 aliphatic rings. The van der Waals surface area contributed by atoms with Crippen molar-refractivity contribution in [1.29, 1.82) is 0 Å². The first kappa shape index (κ1) is 23.3. The van der Waals surface area contributed by atoms with Gasteiger partial charge in [-0.15, -0.1) is 0 Å². The predicted molar refractivity (Wildman–Crippen MR) is 111 cm³/mol. The minimum Gasteiger partial charge on any atom is -0.394 e. The minimum atomic E-state index is -3.82. The Balaban J connectivity index is 1.46. The Morgan fingerprint density at radius 3 is 2.77 bits per heavy atom. The zero-order valence-corrected chi connectivity index (χ0v) is 17.7. The first-order chi connectivity index (χ1) is 14.9. The summed E-state index contributed by atoms with van der Waals surface area (Å²) >= 11 is 0. The van der Waals surface area contributed by atoms with Crippen molar-refractivity contribution in [2.75, 3.05) is 13.2 Å². The second kappa shape index (κ2) is 10.8. The standard InChI is InChI=1S/C21H26FN3O5S/c22-15-4-3-6-18(12-15)31(28,29)24-11-9-17-7-8-19(20(14-26)30-17)25-21(27)13-16-5-1-2-10-23-16/h1-6,10,12,17,19-20,24,26H,7-9,11,13-14H2,(H,25,27)/t17-,19-,20-/m1/s1. The molecule has 1 amide bonds. The third kappa shape index (κ3) is 6.79. The molecule has 1 fully saturated rings. The highest BCUT2D eigenvalue weighted by atomic mass is 32.2. The van der Waals surface area contributed by atoms with Gasteiger partial charge in [-0.25, -0.2) is 17.5 Å². The Hall–Kier alpha value is -2.40. The van der Waals surface area contributed by atoms with Crippen molar-refractivity contribution in [1.82, 2.24) is 15.0 Å². The summed E-state index contributed by atoms with van der Waals surface area (Å²) in [7, 11) is -3.82. The zero-order valence-electron chi connectivity index (χ0n) is 16.9. The van der Waals surface area contributed by atoms with Crippen molar-refractivity contribution in [3.05, 3.63) is 60.2 Å². The summed E-state index contributed by atoms with van der Waals surface area (Å²) in [5.74, 6) is -0.826. The molecule has 10 heteroatoms. The highest BCUT2D eigenvalue weighted by Gasteiger charge is 2.32. The van der Waals surface area contributed by atoms with Gasteiger partial charge >= 0.3 is 0 Å². The zero-order chi connectivity index (χ0) is 22.3. The van der Waals surface area contributed by atoms with E-state index in [4.69, 9.17) is 4.74 Å². The number of hydrogen-bond acceptors (Lipinski definition) is 6. The van der Waals surface area contributed by atoms with Crippen LogP contribution in [0.25, 0.3) is 0 Å². The average Bonchev–Trinajstić information content (AvgIpc) is 2.75. The fraction of sp³-hybridized carbons (Fsp3) is 0.429. The highest BCUT2D eigenvalue weighted by Crippen LogP contribution is 2.22. The number of hydrogen-bond donors (Lipinski definition) is 3. The number of sulfonamides is 1. The van der Waals surface area contributed by atoms with E-state index in [0.717, 1.165) is 6.07 Å². The number of halogens is 1. The molecule has 0 bridgehead atoms. The first-order valence-corrected chi connectivity index (χ1v) is 11.6. The van der Waals surface area contributed by atoms with Crippen LogP contribution in [0.2, 0.25) is 0 Å². The van der Waals surface area contributed by atoms with E-state index < -0.39 is 21.9 Å². The molecular formula is C21H26FN3O5S. The van der Waals surface area contributed by atoms with Crippen LogP contribution in [0, 0.1) is 5.82 Å². The van der Waals surface area contributed by atoms with Gasteiger partial charge in [-0.3, -0.25) is 9.78 Å². The van der Waals surface area contributed by atoms with Gasteiger partial charge in [0, 0.05) is 18.4 Å². The molecule has 0 saturated carbocycles. The number of amides is 1. The number of benzene rings is 1. The summed E-state index contributed by atoms with van der Waals surface area (Å²) in [6, 6.07) is 9.81. The van der Waals surface area contributed by atoms with Gasteiger partial charge in [0.05, 0.1) is 30.1 Å². The molecule has 31 heavy (non-hydrogen) atoms. The molecule has 0 aliphatic carbocycles. The molecule has 1 aliphatic heterocycles. The number of aliphatic hydroxyl groups excluding tert-OH is 1. The highest BCUT2D eigenvalue weighted by molar-refractivity contribution is 7.89. The second-order valence-electron chi connectivity index (χ2n) is 7.37. The Bertz CT molecular complexity index is 974. The molecule has 3 rings (SSSR count). The average molecular weight is 452 g/mol. The van der Waals surface area contributed by atoms with Gasteiger partial charge < -0.3 is 15.2 Å². The molecule has 1 aromatic heterocycles. The van der Waals surface area contributed by atoms with E-state index in [1.807, 2.05) is 6.07 Å². The third-order valence-corrected chi connectivity index (χ3v) is 6.53. The van der Waals surface area contributed by atoms with E-state index in [-0.39, 0.29) is 42.5 Å². The third-order valence-electron chi connectivity index (χ3n) is 5.07. The van der Waals surface area contributed by atoms with E-state index in [9.17, 15) is 22.7 Å². The summed E-state index contributed by atoms with van der Waals surface area (Å²) in [5.41, 5.74) is 0.653. The summed E-state index contributed by atoms with van der Waals surface area (Å²) in [6.45, 7) is -0.154. The smallest absolute Gasteiger partial charge is 0.240 e. The number of carbonyl (C=O) groups excluding carboxylic acids is 1. The monoisotopic (exact) mass is 451 g/mol. The van der Waals surface area contributed by atoms with Crippen molar-refractivity contribution in [2.45, 2.75) is 48.8 Å². The number of aliphatic hydroxyl groups is 1. The molecule has 8 nitrogen and oxygen atoms in total. The lowest BCUT2D eigenvalue weighted by Crippen LogP contribution is -2.51. The molecule has 168 valence electrons. The summed E-state index contributed by atoms with van der Waals surface area (Å²) in [5, 5.41) is 12.6. The number of aromatic nitrogens is 1. The number of pyridine rings is 1. The molecule has 1 saturated heterocycles. The number of carbonyl (C=O) groups is 1. The Labute approximate surface area is 180 Å². The SMILES string of the molecule is O=C(Cc1ccccn1)N[C@@H]1CC[C@H](CCNS(=O)(=O)c2cccc(F)c2)O[C@@H]1CO. The van der Waals surface area contributed by atoms with Crippen LogP contribution in [-0.2, 0) is 26.0 Å². The van der Waals surface area contributed by atoms with Crippen molar-refractivity contribution >= 4 is 15.9 Å². The molecule has 0 spiro atoms. The summed E-state index contributed by atoms with van der Waals surface area (Å²) in [6.07, 6.45) is 2.51. The van der Waals surface area contributed by atoms with Crippen LogP contribution in [0.3, 0.4) is 0 Å². The van der Waals surface area contributed by atoms with Gasteiger partial charge in [-0.1, -0.05) is 12.1 Å². The normalized spacial score (nSPS) is 21.5. The van der Waals surface area contributed by atoms with Gasteiger partial charge in [-0.05, 0) is 49.6 Å². The van der Waals surface area contributed by atoms with Crippen molar-refractivity contribution in [3.63, 3.8) is 0 Å². The predicted octanol–water partition coefficient (Wildman–Crippen LogP) is 1.16. The van der Waals surface area contributed by atoms with E-state index in [1.165, 1.54) is 18.2 Å². The van der Waals surface area contributed by atoms with Crippen LogP contribution in [0.15, 0.2) is 53.6 Å². The molecule has 3 atom stereocenters. The van der Waals surface area contributed by atoms with Crippen molar-refractivity contribution in [2.24, 2.45) is 0 Å². The molecular weight excluding hydrogens is 425 g/mol. The molecule has 2 heterocycles. The quantitative estimate of drug-likeness (QED) is 0.527. The topological polar surface area (TPSA) is 118 Å². The van der Waals surface area contributed by atoms with E-state index >= 15 is 0 Å². The maximum Gasteiger partial charge on any atom is 0.240 e. The molecule has 1 aromatic carbocycles. The van der Waals surface area contributed by atoms with Crippen LogP contribution in [-0.4, -0.2) is 55.8 Å². The van der Waals surface area contributed by atoms with Gasteiger partial charge in [0.2, 0.25) is 15.9 Å². The summed E-state index contributed by atoms with van der Waals surface area (Å²) in [4.78, 5) is 16.3. The maximum absolute atomic E-state index is 13.3. The van der Waals surface area contributed by atoms with Crippen LogP contribution in [0.4, 0.5) is 4.39 Å². The Kier molecular flexibility index (Phi) is 8.08. The summed E-state index contributed by atoms with van der Waals surface area (Å²) < 4.78 is 46.1. The van der Waals surface area contributed by atoms with Gasteiger partial charge in [0.25, 0.3) is 0 Å². The fourth-order valence-electron chi connectivity index (χ4n) is 3.51. The lowest BCUT2D eigenvalue weighted by molar-refractivity contribution is -0.127. The Morgan fingerprint density at radius 2 is 2.06 bits per heavy atom. The number of rotatable bonds is 9. The molecule has 3 N–H and O–H groups in total. The molecule has 0 unspecified atom stereocenters. The van der Waals surface area contributed by atoms with E-state index in [0.29, 0.717) is 25.0 Å². The Morgan fingerprint density at radius 1 is 1.23 bits per heavy atom. The maximum atomic E-state index is 13.3. The largest absolute Gasteiger partial charge is 0.394 e. The van der Waals surface area contributed by atoms with Gasteiger partial charge in [0.15, 0.2) is 0 Å². The lowest BCUT2D eigenvalue weighted by Gasteiger charge is -2.36. The number of ether oxygens (including phenoxy) is 1. The first-order valence-electron chi connectivity index (χ1n) is 10.1. The van der Waals surface area contributed by atoms with Crippen LogP contribution < -0.4 is 10.0 Å². The number of nitrogens with one attached hydrogen (secondary N) is 2. The fourth-order valence-corrected chi connectivity index (χ4v) is 4.58. The van der Waals surface area contributed by atoms with E-state index in [1.54, 1.807) is 18.3 Å².